The Labute approximate surface area is 194 Å². The monoisotopic (exact) mass is 423 g/mol. The first kappa shape index (κ1) is 19.6. The summed E-state index contributed by atoms with van der Waals surface area (Å²) in [4.78, 5) is 0. The van der Waals surface area contributed by atoms with E-state index in [4.69, 9.17) is 0 Å². The number of aromatic nitrogens is 1. The smallest absolute Gasteiger partial charge is 0.0547 e. The van der Waals surface area contributed by atoms with Crippen LogP contribution < -0.4 is 0 Å². The molecule has 0 N–H and O–H groups in total. The van der Waals surface area contributed by atoms with E-state index < -0.39 is 0 Å². The average Bonchev–Trinajstić information content (AvgIpc) is 3.19. The average molecular weight is 424 g/mol. The van der Waals surface area contributed by atoms with Gasteiger partial charge >= 0.3 is 0 Å². The van der Waals surface area contributed by atoms with Crippen molar-refractivity contribution in [1.82, 2.24) is 4.57 Å². The van der Waals surface area contributed by atoms with Crippen LogP contribution in [0, 0.1) is 13.8 Å². The minimum atomic E-state index is 1.18. The van der Waals surface area contributed by atoms with Gasteiger partial charge in [0.1, 0.15) is 0 Å². The van der Waals surface area contributed by atoms with E-state index >= 15 is 0 Å². The van der Waals surface area contributed by atoms with Gasteiger partial charge in [0, 0.05) is 16.5 Å². The molecule has 6 aromatic rings. The van der Waals surface area contributed by atoms with Crippen LogP contribution in [0.4, 0.5) is 0 Å². The lowest BCUT2D eigenvalue weighted by Gasteiger charge is -2.10. The van der Waals surface area contributed by atoms with Gasteiger partial charge in [0.25, 0.3) is 0 Å². The fourth-order valence-electron chi connectivity index (χ4n) is 4.79. The van der Waals surface area contributed by atoms with Crippen LogP contribution in [0.5, 0.6) is 0 Å². The van der Waals surface area contributed by atoms with Gasteiger partial charge < -0.3 is 4.57 Å². The molecule has 1 heteroatoms. The van der Waals surface area contributed by atoms with Crippen molar-refractivity contribution in [2.75, 3.05) is 0 Å². The third kappa shape index (κ3) is 3.34. The summed E-state index contributed by atoms with van der Waals surface area (Å²) in [5.74, 6) is 0. The highest BCUT2D eigenvalue weighted by molar-refractivity contribution is 6.11. The first-order chi connectivity index (χ1) is 16.2. The highest BCUT2D eigenvalue weighted by Gasteiger charge is 2.14. The zero-order valence-corrected chi connectivity index (χ0v) is 18.9. The molecule has 0 saturated heterocycles. The van der Waals surface area contributed by atoms with Gasteiger partial charge in [-0.1, -0.05) is 84.9 Å². The van der Waals surface area contributed by atoms with E-state index in [1.54, 1.807) is 0 Å². The van der Waals surface area contributed by atoms with Crippen molar-refractivity contribution in [1.29, 1.82) is 0 Å². The summed E-state index contributed by atoms with van der Waals surface area (Å²) in [6.07, 6.45) is 0. The minimum absolute atomic E-state index is 1.18. The lowest BCUT2D eigenvalue weighted by molar-refractivity contribution is 1.18. The van der Waals surface area contributed by atoms with Crippen LogP contribution in [-0.4, -0.2) is 4.57 Å². The Bertz CT molecular complexity index is 1610. The van der Waals surface area contributed by atoms with E-state index in [0.29, 0.717) is 0 Å². The maximum absolute atomic E-state index is 2.39. The van der Waals surface area contributed by atoms with E-state index in [0.717, 1.165) is 0 Å². The fourth-order valence-corrected chi connectivity index (χ4v) is 4.79. The van der Waals surface area contributed by atoms with E-state index in [1.807, 2.05) is 0 Å². The zero-order valence-electron chi connectivity index (χ0n) is 18.9. The van der Waals surface area contributed by atoms with Crippen molar-refractivity contribution in [3.63, 3.8) is 0 Å². The van der Waals surface area contributed by atoms with E-state index in [-0.39, 0.29) is 0 Å². The maximum atomic E-state index is 2.39. The Kier molecular flexibility index (Phi) is 4.62. The summed E-state index contributed by atoms with van der Waals surface area (Å²) in [6, 6.07) is 41.7. The Hall–Kier alpha value is -4.10. The van der Waals surface area contributed by atoms with Crippen molar-refractivity contribution >= 4 is 21.8 Å². The number of para-hydroxylation sites is 1. The van der Waals surface area contributed by atoms with Gasteiger partial charge in [-0.2, -0.15) is 0 Å². The number of hydrogen-bond acceptors (Lipinski definition) is 0. The topological polar surface area (TPSA) is 4.93 Å². The third-order valence-corrected chi connectivity index (χ3v) is 6.73. The minimum Gasteiger partial charge on any atom is -0.309 e. The van der Waals surface area contributed by atoms with Gasteiger partial charge in [-0.25, -0.2) is 0 Å². The van der Waals surface area contributed by atoms with Gasteiger partial charge in [0.2, 0.25) is 0 Å². The van der Waals surface area contributed by atoms with Crippen molar-refractivity contribution in [2.45, 2.75) is 13.8 Å². The molecule has 6 rings (SSSR count). The van der Waals surface area contributed by atoms with E-state index in [2.05, 4.69) is 134 Å². The summed E-state index contributed by atoms with van der Waals surface area (Å²) in [7, 11) is 0. The SMILES string of the molecule is Cc1ccc(-c2ccc3c4cc(-c5ccccc5)ccc4n(-c4ccccc4)c3c2)cc1C. The summed E-state index contributed by atoms with van der Waals surface area (Å²) in [6.45, 7) is 4.35. The summed E-state index contributed by atoms with van der Waals surface area (Å²) in [5.41, 5.74) is 11.3. The molecule has 0 aliphatic carbocycles. The van der Waals surface area contributed by atoms with Crippen LogP contribution in [0.25, 0.3) is 49.7 Å². The molecule has 0 radical (unpaired) electrons. The predicted molar refractivity (Wildman–Crippen MR) is 141 cm³/mol. The quantitative estimate of drug-likeness (QED) is 0.268. The lowest BCUT2D eigenvalue weighted by Crippen LogP contribution is -1.93. The maximum Gasteiger partial charge on any atom is 0.0547 e. The molecule has 0 fully saturated rings. The zero-order chi connectivity index (χ0) is 22.4. The number of aryl methyl sites for hydroxylation is 2. The first-order valence-corrected chi connectivity index (χ1v) is 11.5. The number of rotatable bonds is 3. The van der Waals surface area contributed by atoms with Crippen molar-refractivity contribution in [2.24, 2.45) is 0 Å². The molecular formula is C32H25N. The van der Waals surface area contributed by atoms with Gasteiger partial charge in [0.15, 0.2) is 0 Å². The van der Waals surface area contributed by atoms with Crippen LogP contribution in [-0.2, 0) is 0 Å². The molecule has 1 nitrogen and oxygen atoms in total. The van der Waals surface area contributed by atoms with Crippen LogP contribution in [0.15, 0.2) is 115 Å². The highest BCUT2D eigenvalue weighted by atomic mass is 15.0. The van der Waals surface area contributed by atoms with E-state index in [1.165, 1.54) is 60.9 Å². The molecule has 0 amide bonds. The lowest BCUT2D eigenvalue weighted by atomic mass is 9.99. The second kappa shape index (κ2) is 7.79. The molecule has 0 unspecified atom stereocenters. The molecule has 1 aromatic heterocycles. The van der Waals surface area contributed by atoms with E-state index in [9.17, 15) is 0 Å². The number of nitrogens with zero attached hydrogens (tertiary/aromatic N) is 1. The second-order valence-corrected chi connectivity index (χ2v) is 8.80. The molecule has 33 heavy (non-hydrogen) atoms. The number of fused-ring (bicyclic) bond motifs is 3. The molecule has 5 aromatic carbocycles. The number of benzene rings is 5. The largest absolute Gasteiger partial charge is 0.309 e. The molecule has 0 bridgehead atoms. The van der Waals surface area contributed by atoms with Gasteiger partial charge in [-0.3, -0.25) is 0 Å². The van der Waals surface area contributed by atoms with Crippen LogP contribution in [0.2, 0.25) is 0 Å². The van der Waals surface area contributed by atoms with Crippen molar-refractivity contribution < 1.29 is 0 Å². The normalized spacial score (nSPS) is 11.3. The van der Waals surface area contributed by atoms with Crippen LogP contribution >= 0.6 is 0 Å². The van der Waals surface area contributed by atoms with Gasteiger partial charge in [-0.05, 0) is 77.6 Å². The highest BCUT2D eigenvalue weighted by Crippen LogP contribution is 2.37. The summed E-state index contributed by atoms with van der Waals surface area (Å²) in [5, 5.41) is 2.56. The van der Waals surface area contributed by atoms with Crippen LogP contribution in [0.3, 0.4) is 0 Å². The Morgan fingerprint density at radius 1 is 0.424 bits per heavy atom. The predicted octanol–water partition coefficient (Wildman–Crippen LogP) is 8.73. The first-order valence-electron chi connectivity index (χ1n) is 11.5. The fraction of sp³-hybridized carbons (Fsp3) is 0.0625. The van der Waals surface area contributed by atoms with Crippen molar-refractivity contribution in [3.05, 3.63) is 126 Å². The standard InChI is InChI=1S/C32H25N/c1-22-13-14-25(19-23(22)2)27-15-17-29-30-20-26(24-9-5-3-6-10-24)16-18-31(30)33(32(29)21-27)28-11-7-4-8-12-28/h3-21H,1-2H3. The molecule has 1 heterocycles. The number of hydrogen-bond donors (Lipinski definition) is 0. The molecule has 0 aliphatic heterocycles. The summed E-state index contributed by atoms with van der Waals surface area (Å²) >= 11 is 0. The molecule has 0 atom stereocenters. The Balaban J connectivity index is 1.64. The molecular weight excluding hydrogens is 398 g/mol. The molecule has 0 saturated carbocycles. The third-order valence-electron chi connectivity index (χ3n) is 6.73. The van der Waals surface area contributed by atoms with Crippen LogP contribution in [0.1, 0.15) is 11.1 Å². The Morgan fingerprint density at radius 3 is 1.82 bits per heavy atom. The molecule has 0 spiro atoms. The van der Waals surface area contributed by atoms with Gasteiger partial charge in [0.05, 0.1) is 11.0 Å². The Morgan fingerprint density at radius 2 is 1.06 bits per heavy atom. The summed E-state index contributed by atoms with van der Waals surface area (Å²) < 4.78 is 2.39. The molecule has 0 aliphatic rings. The molecule has 158 valence electrons. The van der Waals surface area contributed by atoms with Crippen molar-refractivity contribution in [3.8, 4) is 27.9 Å². The second-order valence-electron chi connectivity index (χ2n) is 8.80. The van der Waals surface area contributed by atoms with Gasteiger partial charge in [-0.15, -0.1) is 0 Å².